The Balaban J connectivity index is 1.69. The summed E-state index contributed by atoms with van der Waals surface area (Å²) in [5.41, 5.74) is 7.48. The summed E-state index contributed by atoms with van der Waals surface area (Å²) in [7, 11) is 1.72. The summed E-state index contributed by atoms with van der Waals surface area (Å²) >= 11 is 0. The van der Waals surface area contributed by atoms with Crippen molar-refractivity contribution in [3.8, 4) is 5.88 Å². The molecule has 0 unspecified atom stereocenters. The first kappa shape index (κ1) is 14.8. The van der Waals surface area contributed by atoms with E-state index >= 15 is 0 Å². The number of amides is 1. The van der Waals surface area contributed by atoms with E-state index in [9.17, 15) is 9.90 Å². The van der Waals surface area contributed by atoms with Crippen LogP contribution < -0.4 is 11.1 Å². The van der Waals surface area contributed by atoms with E-state index in [4.69, 9.17) is 5.73 Å². The SMILES string of the molecule is Cc1cc(C(=O)NCCn2cnc3c(O)nc(N)nc32)n(C)n1. The molecule has 0 bridgehead atoms. The van der Waals surface area contributed by atoms with Crippen molar-refractivity contribution in [3.63, 3.8) is 0 Å². The largest absolute Gasteiger partial charge is 0.492 e. The molecule has 0 fully saturated rings. The van der Waals surface area contributed by atoms with Crippen LogP contribution in [0.25, 0.3) is 11.2 Å². The highest BCUT2D eigenvalue weighted by atomic mass is 16.3. The fourth-order valence-electron chi connectivity index (χ4n) is 2.31. The minimum atomic E-state index is -0.263. The van der Waals surface area contributed by atoms with Crippen molar-refractivity contribution in [2.24, 2.45) is 7.05 Å². The first-order chi connectivity index (χ1) is 11.0. The normalized spacial score (nSPS) is 11.0. The van der Waals surface area contributed by atoms with E-state index in [-0.39, 0.29) is 23.3 Å². The molecule has 0 aliphatic carbocycles. The van der Waals surface area contributed by atoms with Crippen LogP contribution >= 0.6 is 0 Å². The smallest absolute Gasteiger partial charge is 0.269 e. The zero-order chi connectivity index (χ0) is 16.6. The van der Waals surface area contributed by atoms with Crippen LogP contribution in [0.3, 0.4) is 0 Å². The third-order valence-corrected chi connectivity index (χ3v) is 3.34. The van der Waals surface area contributed by atoms with Crippen molar-refractivity contribution in [2.75, 3.05) is 12.3 Å². The van der Waals surface area contributed by atoms with Gasteiger partial charge in [-0.25, -0.2) is 4.98 Å². The van der Waals surface area contributed by atoms with Gasteiger partial charge in [-0.05, 0) is 13.0 Å². The molecular weight excluding hydrogens is 300 g/mol. The molecule has 0 aliphatic rings. The van der Waals surface area contributed by atoms with Gasteiger partial charge in [-0.3, -0.25) is 9.48 Å². The second-order valence-electron chi connectivity index (χ2n) is 5.07. The highest BCUT2D eigenvalue weighted by Gasteiger charge is 2.13. The number of nitrogen functional groups attached to an aromatic ring is 1. The first-order valence-corrected chi connectivity index (χ1v) is 6.92. The number of hydrogen-bond acceptors (Lipinski definition) is 7. The molecule has 3 heterocycles. The van der Waals surface area contributed by atoms with E-state index in [0.717, 1.165) is 5.69 Å². The van der Waals surface area contributed by atoms with Crippen molar-refractivity contribution in [1.29, 1.82) is 0 Å². The summed E-state index contributed by atoms with van der Waals surface area (Å²) in [6.07, 6.45) is 1.51. The molecule has 0 aliphatic heterocycles. The van der Waals surface area contributed by atoms with Gasteiger partial charge in [0, 0.05) is 20.1 Å². The molecule has 23 heavy (non-hydrogen) atoms. The van der Waals surface area contributed by atoms with Crippen LogP contribution in [0.4, 0.5) is 5.95 Å². The van der Waals surface area contributed by atoms with E-state index in [0.29, 0.717) is 24.4 Å². The Hall–Kier alpha value is -3.17. The Morgan fingerprint density at radius 2 is 2.22 bits per heavy atom. The lowest BCUT2D eigenvalue weighted by Gasteiger charge is -2.07. The number of aromatic hydroxyl groups is 1. The number of anilines is 1. The molecule has 0 atom stereocenters. The monoisotopic (exact) mass is 316 g/mol. The summed E-state index contributed by atoms with van der Waals surface area (Å²) in [4.78, 5) is 23.8. The molecule has 0 aromatic carbocycles. The maximum atomic E-state index is 12.1. The summed E-state index contributed by atoms with van der Waals surface area (Å²) in [6.45, 7) is 2.61. The molecule has 0 saturated carbocycles. The van der Waals surface area contributed by atoms with Gasteiger partial charge in [-0.2, -0.15) is 15.1 Å². The molecule has 10 nitrogen and oxygen atoms in total. The average molecular weight is 316 g/mol. The van der Waals surface area contributed by atoms with Gasteiger partial charge in [-0.1, -0.05) is 0 Å². The molecular formula is C13H16N8O2. The molecule has 10 heteroatoms. The Morgan fingerprint density at radius 1 is 1.43 bits per heavy atom. The molecule has 3 aromatic rings. The van der Waals surface area contributed by atoms with Crippen LogP contribution in [0.1, 0.15) is 16.2 Å². The fraction of sp³-hybridized carbons (Fsp3) is 0.308. The molecule has 4 N–H and O–H groups in total. The molecule has 0 spiro atoms. The highest BCUT2D eigenvalue weighted by Crippen LogP contribution is 2.19. The summed E-state index contributed by atoms with van der Waals surface area (Å²) in [5, 5.41) is 16.6. The van der Waals surface area contributed by atoms with E-state index in [1.807, 2.05) is 6.92 Å². The number of nitrogens with one attached hydrogen (secondary N) is 1. The van der Waals surface area contributed by atoms with Crippen LogP contribution in [0, 0.1) is 6.92 Å². The number of aryl methyl sites for hydroxylation is 2. The first-order valence-electron chi connectivity index (χ1n) is 6.92. The number of imidazole rings is 1. The Labute approximate surface area is 131 Å². The number of rotatable bonds is 4. The van der Waals surface area contributed by atoms with Crippen molar-refractivity contribution in [3.05, 3.63) is 23.8 Å². The maximum Gasteiger partial charge on any atom is 0.269 e. The number of nitrogens with two attached hydrogens (primary N) is 1. The Kier molecular flexibility index (Phi) is 3.56. The van der Waals surface area contributed by atoms with Crippen molar-refractivity contribution in [2.45, 2.75) is 13.5 Å². The maximum absolute atomic E-state index is 12.1. The number of hydrogen-bond donors (Lipinski definition) is 3. The lowest BCUT2D eigenvalue weighted by atomic mass is 10.3. The minimum Gasteiger partial charge on any atom is -0.492 e. The van der Waals surface area contributed by atoms with Gasteiger partial charge in [0.2, 0.25) is 11.8 Å². The number of nitrogens with zero attached hydrogens (tertiary/aromatic N) is 6. The summed E-state index contributed by atoms with van der Waals surface area (Å²) in [6, 6.07) is 1.72. The second kappa shape index (κ2) is 5.55. The quantitative estimate of drug-likeness (QED) is 0.594. The molecule has 120 valence electrons. The Morgan fingerprint density at radius 3 is 2.91 bits per heavy atom. The molecule has 0 radical (unpaired) electrons. The third kappa shape index (κ3) is 2.78. The second-order valence-corrected chi connectivity index (χ2v) is 5.07. The zero-order valence-corrected chi connectivity index (χ0v) is 12.7. The fourth-order valence-corrected chi connectivity index (χ4v) is 2.31. The third-order valence-electron chi connectivity index (χ3n) is 3.34. The van der Waals surface area contributed by atoms with Gasteiger partial charge in [0.25, 0.3) is 5.91 Å². The predicted molar refractivity (Wildman–Crippen MR) is 81.7 cm³/mol. The highest BCUT2D eigenvalue weighted by molar-refractivity contribution is 5.92. The van der Waals surface area contributed by atoms with E-state index in [1.54, 1.807) is 17.7 Å². The number of aromatic nitrogens is 6. The molecule has 1 amide bonds. The van der Waals surface area contributed by atoms with Gasteiger partial charge < -0.3 is 20.7 Å². The van der Waals surface area contributed by atoms with E-state index in [2.05, 4.69) is 25.4 Å². The topological polar surface area (TPSA) is 137 Å². The number of fused-ring (bicyclic) bond motifs is 1. The van der Waals surface area contributed by atoms with Gasteiger partial charge in [0.05, 0.1) is 12.0 Å². The lowest BCUT2D eigenvalue weighted by Crippen LogP contribution is -2.28. The lowest BCUT2D eigenvalue weighted by molar-refractivity contribution is 0.0943. The number of carbonyl (C=O) groups excluding carboxylic acids is 1. The minimum absolute atomic E-state index is 0.0360. The average Bonchev–Trinajstić information content (AvgIpc) is 3.02. The van der Waals surface area contributed by atoms with Gasteiger partial charge in [-0.15, -0.1) is 0 Å². The molecule has 0 saturated heterocycles. The number of carbonyl (C=O) groups is 1. The van der Waals surface area contributed by atoms with Crippen molar-refractivity contribution in [1.82, 2.24) is 34.6 Å². The van der Waals surface area contributed by atoms with Gasteiger partial charge in [0.1, 0.15) is 5.69 Å². The standard InChI is InChI=1S/C13H16N8O2/c1-7-5-8(20(2)19-7)11(22)15-3-4-21-6-16-9-10(21)17-13(14)18-12(9)23/h5-6H,3-4H2,1-2H3,(H,15,22)(H3,14,17,18,23). The predicted octanol–water partition coefficient (Wildman–Crippen LogP) is -0.414. The van der Waals surface area contributed by atoms with Crippen LogP contribution in [0.2, 0.25) is 0 Å². The van der Waals surface area contributed by atoms with Gasteiger partial charge >= 0.3 is 0 Å². The van der Waals surface area contributed by atoms with Gasteiger partial charge in [0.15, 0.2) is 11.2 Å². The van der Waals surface area contributed by atoms with Crippen molar-refractivity contribution < 1.29 is 9.90 Å². The molecule has 3 rings (SSSR count). The van der Waals surface area contributed by atoms with Crippen LogP contribution in [0.5, 0.6) is 5.88 Å². The Bertz CT molecular complexity index is 882. The summed E-state index contributed by atoms with van der Waals surface area (Å²) < 4.78 is 3.21. The summed E-state index contributed by atoms with van der Waals surface area (Å²) in [5.74, 6) is -0.513. The van der Waals surface area contributed by atoms with Crippen LogP contribution in [-0.2, 0) is 13.6 Å². The van der Waals surface area contributed by atoms with E-state index in [1.165, 1.54) is 11.0 Å². The van der Waals surface area contributed by atoms with Crippen LogP contribution in [0.15, 0.2) is 12.4 Å². The van der Waals surface area contributed by atoms with E-state index < -0.39 is 0 Å². The molecule has 3 aromatic heterocycles. The van der Waals surface area contributed by atoms with Crippen molar-refractivity contribution >= 4 is 23.0 Å². The van der Waals surface area contributed by atoms with Crippen LogP contribution in [-0.4, -0.2) is 46.9 Å². The zero-order valence-electron chi connectivity index (χ0n) is 12.7.